The first-order chi connectivity index (χ1) is 15.8. The highest BCUT2D eigenvalue weighted by Gasteiger charge is 2.29. The highest BCUT2D eigenvalue weighted by Crippen LogP contribution is 2.29. The molecule has 1 N–H and O–H groups in total. The van der Waals surface area contributed by atoms with Crippen LogP contribution in [0.2, 0.25) is 0 Å². The highest BCUT2D eigenvalue weighted by molar-refractivity contribution is 7.17. The van der Waals surface area contributed by atoms with Crippen molar-refractivity contribution in [2.75, 3.05) is 0 Å². The van der Waals surface area contributed by atoms with Crippen LogP contribution >= 0.6 is 11.3 Å². The van der Waals surface area contributed by atoms with Gasteiger partial charge in [-0.2, -0.15) is 13.2 Å². The molecule has 1 aromatic carbocycles. The van der Waals surface area contributed by atoms with Crippen molar-refractivity contribution in [3.05, 3.63) is 63.0 Å². The molecule has 0 radical (unpaired) electrons. The predicted octanol–water partition coefficient (Wildman–Crippen LogP) is 4.17. The average molecular weight is 478 g/mol. The Labute approximate surface area is 190 Å². The van der Waals surface area contributed by atoms with Gasteiger partial charge in [-0.15, -0.1) is 21.5 Å². The zero-order valence-electron chi connectivity index (χ0n) is 17.9. The Bertz CT molecular complexity index is 1340. The first-order valence-electron chi connectivity index (χ1n) is 10.6. The number of nitrogens with one attached hydrogen (secondary N) is 1. The number of hydrogen-bond donors (Lipinski definition) is 1. The van der Waals surface area contributed by atoms with Crippen LogP contribution in [0.25, 0.3) is 16.0 Å². The molecule has 0 saturated heterocycles. The zero-order chi connectivity index (χ0) is 23.6. The normalized spacial score (nSPS) is 12.0. The van der Waals surface area contributed by atoms with Gasteiger partial charge in [0.15, 0.2) is 0 Å². The Kier molecular flexibility index (Phi) is 6.50. The van der Waals surface area contributed by atoms with Crippen LogP contribution in [-0.4, -0.2) is 25.1 Å². The fraction of sp³-hybridized carbons (Fsp3) is 0.364. The largest absolute Gasteiger partial charge is 0.416 e. The number of hydrogen-bond acceptors (Lipinski definition) is 5. The molecule has 174 valence electrons. The summed E-state index contributed by atoms with van der Waals surface area (Å²) in [5.41, 5.74) is 0.477. The van der Waals surface area contributed by atoms with Gasteiger partial charge in [-0.3, -0.25) is 18.6 Å². The number of nitrogens with zero attached hydrogens (tertiary/aromatic N) is 4. The Balaban J connectivity index is 1.47. The molecule has 0 bridgehead atoms. The number of alkyl halides is 3. The van der Waals surface area contributed by atoms with Crippen LogP contribution < -0.4 is 10.9 Å². The van der Waals surface area contributed by atoms with Gasteiger partial charge < -0.3 is 5.32 Å². The van der Waals surface area contributed by atoms with Crippen molar-refractivity contribution in [2.45, 2.75) is 51.9 Å². The fourth-order valence-corrected chi connectivity index (χ4v) is 4.41. The number of halogens is 3. The van der Waals surface area contributed by atoms with Crippen LogP contribution in [0.5, 0.6) is 0 Å². The molecular weight excluding hydrogens is 455 g/mol. The first-order valence-corrected chi connectivity index (χ1v) is 11.4. The summed E-state index contributed by atoms with van der Waals surface area (Å²) in [6.45, 7) is 2.71. The minimum atomic E-state index is -4.39. The van der Waals surface area contributed by atoms with E-state index in [0.29, 0.717) is 34.8 Å². The summed E-state index contributed by atoms with van der Waals surface area (Å²) >= 11 is 1.36. The number of benzene rings is 1. The van der Waals surface area contributed by atoms with Crippen LogP contribution in [0, 0.1) is 0 Å². The van der Waals surface area contributed by atoms with Crippen molar-refractivity contribution >= 4 is 33.2 Å². The Morgan fingerprint density at radius 1 is 1.15 bits per heavy atom. The third kappa shape index (κ3) is 4.77. The smallest absolute Gasteiger partial charge is 0.352 e. The van der Waals surface area contributed by atoms with E-state index in [1.165, 1.54) is 23.5 Å². The topological polar surface area (TPSA) is 81.3 Å². The lowest BCUT2D eigenvalue weighted by molar-refractivity contribution is -0.137. The Morgan fingerprint density at radius 2 is 1.91 bits per heavy atom. The van der Waals surface area contributed by atoms with E-state index in [9.17, 15) is 22.8 Å². The Hall–Kier alpha value is -3.21. The molecule has 11 heteroatoms. The second-order valence-electron chi connectivity index (χ2n) is 7.67. The highest BCUT2D eigenvalue weighted by atomic mass is 32.1. The molecule has 0 saturated carbocycles. The van der Waals surface area contributed by atoms with Crippen LogP contribution in [0.1, 0.15) is 43.1 Å². The van der Waals surface area contributed by atoms with Gasteiger partial charge in [0, 0.05) is 25.9 Å². The standard InChI is InChI=1S/C22H22F3N5O2S/c1-2-3-11-29-20(32)19-16(10-12-33-19)30-17(27-28-21(29)30)8-9-18(31)26-13-14-4-6-15(7-5-14)22(23,24)25/h4-7,10,12H,2-3,8-9,11,13H2,1H3,(H,26,31). The first kappa shape index (κ1) is 23.0. The molecule has 33 heavy (non-hydrogen) atoms. The fourth-order valence-electron chi connectivity index (χ4n) is 3.59. The number of unbranched alkanes of at least 4 members (excludes halogenated alkanes) is 1. The van der Waals surface area contributed by atoms with Gasteiger partial charge in [-0.05, 0) is 35.6 Å². The molecule has 0 unspecified atom stereocenters. The number of carbonyl (C=O) groups is 1. The number of thiophene rings is 1. The van der Waals surface area contributed by atoms with Crippen LogP contribution in [0.15, 0.2) is 40.5 Å². The van der Waals surface area contributed by atoms with Crippen molar-refractivity contribution in [3.8, 4) is 0 Å². The van der Waals surface area contributed by atoms with Gasteiger partial charge >= 0.3 is 6.18 Å². The molecule has 0 atom stereocenters. The van der Waals surface area contributed by atoms with Gasteiger partial charge in [0.25, 0.3) is 5.56 Å². The lowest BCUT2D eigenvalue weighted by atomic mass is 10.1. The number of fused-ring (bicyclic) bond motifs is 3. The zero-order valence-corrected chi connectivity index (χ0v) is 18.7. The molecule has 4 aromatic rings. The summed E-state index contributed by atoms with van der Waals surface area (Å²) in [6, 6.07) is 6.52. The second kappa shape index (κ2) is 9.34. The molecule has 1 amide bonds. The minimum absolute atomic E-state index is 0.0887. The summed E-state index contributed by atoms with van der Waals surface area (Å²) in [6.07, 6.45) is -2.20. The van der Waals surface area contributed by atoms with E-state index in [2.05, 4.69) is 15.5 Å². The molecule has 4 rings (SSSR count). The summed E-state index contributed by atoms with van der Waals surface area (Å²) in [5.74, 6) is 0.773. The van der Waals surface area contributed by atoms with Gasteiger partial charge in [0.1, 0.15) is 10.5 Å². The number of aromatic nitrogens is 4. The number of rotatable bonds is 8. The van der Waals surface area contributed by atoms with Gasteiger partial charge in [-0.1, -0.05) is 25.5 Å². The molecule has 0 spiro atoms. The molecular formula is C22H22F3N5O2S. The summed E-state index contributed by atoms with van der Waals surface area (Å²) in [7, 11) is 0. The van der Waals surface area contributed by atoms with Crippen LogP contribution in [0.3, 0.4) is 0 Å². The van der Waals surface area contributed by atoms with Gasteiger partial charge in [-0.25, -0.2) is 0 Å². The predicted molar refractivity (Wildman–Crippen MR) is 119 cm³/mol. The molecule has 0 aliphatic rings. The van der Waals surface area contributed by atoms with Gasteiger partial charge in [0.2, 0.25) is 11.7 Å². The summed E-state index contributed by atoms with van der Waals surface area (Å²) in [5, 5.41) is 13.0. The maximum absolute atomic E-state index is 12.8. The quantitative estimate of drug-likeness (QED) is 0.413. The maximum atomic E-state index is 12.8. The van der Waals surface area contributed by atoms with E-state index in [4.69, 9.17) is 0 Å². The minimum Gasteiger partial charge on any atom is -0.352 e. The third-order valence-corrected chi connectivity index (χ3v) is 6.25. The van der Waals surface area contributed by atoms with Crippen molar-refractivity contribution in [1.29, 1.82) is 0 Å². The molecule has 0 fully saturated rings. The van der Waals surface area contributed by atoms with Crippen LogP contribution in [0.4, 0.5) is 13.2 Å². The lowest BCUT2D eigenvalue weighted by Gasteiger charge is -2.09. The van der Waals surface area contributed by atoms with E-state index in [1.54, 1.807) is 4.57 Å². The monoisotopic (exact) mass is 477 g/mol. The molecule has 0 aliphatic heterocycles. The van der Waals surface area contributed by atoms with Crippen molar-refractivity contribution in [1.82, 2.24) is 24.5 Å². The second-order valence-corrected chi connectivity index (χ2v) is 8.58. The van der Waals surface area contributed by atoms with Gasteiger partial charge in [0.05, 0.1) is 11.1 Å². The van der Waals surface area contributed by atoms with E-state index < -0.39 is 11.7 Å². The third-order valence-electron chi connectivity index (χ3n) is 5.36. The number of aryl methyl sites for hydroxylation is 2. The van der Waals surface area contributed by atoms with E-state index in [-0.39, 0.29) is 24.4 Å². The molecule has 3 heterocycles. The average Bonchev–Trinajstić information content (AvgIpc) is 3.43. The van der Waals surface area contributed by atoms with Crippen LogP contribution in [-0.2, 0) is 30.5 Å². The molecule has 3 aromatic heterocycles. The van der Waals surface area contributed by atoms with Crippen molar-refractivity contribution in [2.24, 2.45) is 0 Å². The SMILES string of the molecule is CCCCn1c(=O)c2sccc2n2c(CCC(=O)NCc3ccc(C(F)(F)F)cc3)nnc12. The lowest BCUT2D eigenvalue weighted by Crippen LogP contribution is -2.24. The van der Waals surface area contributed by atoms with Crippen molar-refractivity contribution in [3.63, 3.8) is 0 Å². The number of amides is 1. The maximum Gasteiger partial charge on any atom is 0.416 e. The van der Waals surface area contributed by atoms with E-state index >= 15 is 0 Å². The number of carbonyl (C=O) groups excluding carboxylic acids is 1. The summed E-state index contributed by atoms with van der Waals surface area (Å²) < 4.78 is 42.1. The summed E-state index contributed by atoms with van der Waals surface area (Å²) in [4.78, 5) is 25.2. The Morgan fingerprint density at radius 3 is 2.61 bits per heavy atom. The molecule has 7 nitrogen and oxygen atoms in total. The van der Waals surface area contributed by atoms with E-state index in [1.807, 2.05) is 22.8 Å². The van der Waals surface area contributed by atoms with Crippen molar-refractivity contribution < 1.29 is 18.0 Å². The molecule has 0 aliphatic carbocycles. The van der Waals surface area contributed by atoms with E-state index in [0.717, 1.165) is 30.5 Å².